The summed E-state index contributed by atoms with van der Waals surface area (Å²) in [5, 5.41) is 19.8. The molecule has 1 aromatic carbocycles. The summed E-state index contributed by atoms with van der Waals surface area (Å²) in [4.78, 5) is 0. The molecule has 4 nitrogen and oxygen atoms in total. The molecule has 0 aromatic heterocycles. The van der Waals surface area contributed by atoms with Crippen LogP contribution in [0.1, 0.15) is 20.2 Å². The Morgan fingerprint density at radius 3 is 2.94 bits per heavy atom. The van der Waals surface area contributed by atoms with Crippen molar-refractivity contribution in [1.82, 2.24) is 0 Å². The first-order valence-corrected chi connectivity index (χ1v) is 5.21. The van der Waals surface area contributed by atoms with E-state index in [1.165, 1.54) is 0 Å². The highest BCUT2D eigenvalue weighted by molar-refractivity contribution is 5.13. The molecule has 2 rings (SSSR count). The fourth-order valence-electron chi connectivity index (χ4n) is 1.40. The highest BCUT2D eigenvalue weighted by Gasteiger charge is 2.32. The van der Waals surface area contributed by atoms with E-state index >= 15 is 0 Å². The first-order valence-electron chi connectivity index (χ1n) is 8.21. The molecule has 0 amide bonds. The van der Waals surface area contributed by atoms with Gasteiger partial charge < -0.3 is 19.7 Å². The Morgan fingerprint density at radius 2 is 2.29 bits per heavy atom. The van der Waals surface area contributed by atoms with Crippen LogP contribution < -0.4 is 0 Å². The highest BCUT2D eigenvalue weighted by Crippen LogP contribution is 2.22. The first kappa shape index (κ1) is 6.85. The third kappa shape index (κ3) is 3.51. The normalized spacial score (nSPS) is 38.0. The van der Waals surface area contributed by atoms with Gasteiger partial charge in [0.25, 0.3) is 0 Å². The van der Waals surface area contributed by atoms with Gasteiger partial charge in [0.05, 0.1) is 31.3 Å². The summed E-state index contributed by atoms with van der Waals surface area (Å²) < 4.78 is 55.3. The fraction of sp³-hybridized carbons (Fsp3) is 0.538. The molecule has 3 atom stereocenters. The minimum atomic E-state index is -2.85. The van der Waals surface area contributed by atoms with E-state index in [0.717, 1.165) is 0 Å². The maximum Gasteiger partial charge on any atom is 0.159 e. The summed E-state index contributed by atoms with van der Waals surface area (Å²) in [6.45, 7) is -5.74. The summed E-state index contributed by atoms with van der Waals surface area (Å²) in [5.74, 6) is -1.84. The van der Waals surface area contributed by atoms with E-state index in [4.69, 9.17) is 13.0 Å². The van der Waals surface area contributed by atoms with E-state index in [1.807, 2.05) is 0 Å². The van der Waals surface area contributed by atoms with E-state index in [9.17, 15) is 10.2 Å². The fourth-order valence-corrected chi connectivity index (χ4v) is 1.40. The van der Waals surface area contributed by atoms with Crippen LogP contribution in [-0.4, -0.2) is 35.7 Å². The molecule has 0 saturated carbocycles. The van der Waals surface area contributed by atoms with Crippen molar-refractivity contribution in [3.05, 3.63) is 35.9 Å². The predicted octanol–water partition coefficient (Wildman–Crippen LogP) is 0.919. The molecule has 1 aliphatic rings. The van der Waals surface area contributed by atoms with Gasteiger partial charge in [-0.1, -0.05) is 30.3 Å². The Bertz CT molecular complexity index is 539. The molecule has 2 N–H and O–H groups in total. The average molecular weight is 244 g/mol. The van der Waals surface area contributed by atoms with Crippen molar-refractivity contribution < 1.29 is 27.9 Å². The second-order valence-electron chi connectivity index (χ2n) is 3.62. The molecular formula is C13H18O4. The van der Waals surface area contributed by atoms with Gasteiger partial charge in [0, 0.05) is 8.66 Å². The molecule has 0 aliphatic carbocycles. The number of hydrogen-bond donors (Lipinski definition) is 2. The van der Waals surface area contributed by atoms with Gasteiger partial charge in [0.1, 0.15) is 0 Å². The minimum Gasteiger partial charge on any atom is -0.390 e. The molecule has 17 heavy (non-hydrogen) atoms. The van der Waals surface area contributed by atoms with E-state index in [-0.39, 0.29) is 6.61 Å². The van der Waals surface area contributed by atoms with Crippen LogP contribution in [0.25, 0.3) is 0 Å². The van der Waals surface area contributed by atoms with E-state index in [2.05, 4.69) is 4.74 Å². The topological polar surface area (TPSA) is 58.9 Å². The molecule has 1 saturated heterocycles. The average Bonchev–Trinajstić information content (AvgIpc) is 2.61. The van der Waals surface area contributed by atoms with Gasteiger partial charge in [0.15, 0.2) is 6.29 Å². The molecule has 4 heteroatoms. The zero-order chi connectivity index (χ0) is 17.5. The Balaban J connectivity index is 2.13. The number of aliphatic hydroxyl groups excluding tert-OH is 2. The lowest BCUT2D eigenvalue weighted by molar-refractivity contribution is -0.117. The lowest BCUT2D eigenvalue weighted by atomic mass is 10.0. The van der Waals surface area contributed by atoms with Crippen LogP contribution in [0.5, 0.6) is 0 Å². The van der Waals surface area contributed by atoms with Crippen LogP contribution in [0.15, 0.2) is 30.3 Å². The second kappa shape index (κ2) is 6.12. The van der Waals surface area contributed by atoms with Gasteiger partial charge in [-0.15, -0.1) is 0 Å². The van der Waals surface area contributed by atoms with Crippen LogP contribution in [0.3, 0.4) is 0 Å². The summed E-state index contributed by atoms with van der Waals surface area (Å²) in [6, 6.07) is 8.61. The van der Waals surface area contributed by atoms with Crippen LogP contribution in [0.4, 0.5) is 0 Å². The van der Waals surface area contributed by atoms with E-state index in [1.54, 1.807) is 30.3 Å². The van der Waals surface area contributed by atoms with Crippen molar-refractivity contribution in [2.75, 3.05) is 13.1 Å². The SMILES string of the molecule is [2H]C([2H])(OCc1ccccc1)[C@@H](O)[C@H]1C(O)OC([2H])([2H])C1([2H])[2H]. The number of ether oxygens (including phenoxy) is 2. The summed E-state index contributed by atoms with van der Waals surface area (Å²) >= 11 is 0. The van der Waals surface area contributed by atoms with Gasteiger partial charge in [-0.2, -0.15) is 0 Å². The van der Waals surface area contributed by atoms with Crippen molar-refractivity contribution in [3.63, 3.8) is 0 Å². The molecule has 0 bridgehead atoms. The maximum atomic E-state index is 10.1. The number of aliphatic hydroxyl groups is 2. The quantitative estimate of drug-likeness (QED) is 0.808. The molecule has 0 radical (unpaired) electrons. The van der Waals surface area contributed by atoms with Crippen molar-refractivity contribution >= 4 is 0 Å². The van der Waals surface area contributed by atoms with Crippen LogP contribution in [-0.2, 0) is 16.1 Å². The lowest BCUT2D eigenvalue weighted by Gasteiger charge is -2.19. The van der Waals surface area contributed by atoms with Gasteiger partial charge in [0.2, 0.25) is 0 Å². The Labute approximate surface area is 109 Å². The maximum absolute atomic E-state index is 10.1. The standard InChI is InChI=1S/C13H18O4/c14-12(11-6-7-17-13(11)15)9-16-8-10-4-2-1-3-5-10/h1-5,11-15H,6-9H2/t11-,12+,13?/m0/s1/i6D2,7D2,9D2. The van der Waals surface area contributed by atoms with Crippen LogP contribution in [0, 0.1) is 5.92 Å². The van der Waals surface area contributed by atoms with Crippen molar-refractivity contribution in [2.45, 2.75) is 25.4 Å². The van der Waals surface area contributed by atoms with Crippen molar-refractivity contribution in [1.29, 1.82) is 0 Å². The van der Waals surface area contributed by atoms with E-state index < -0.39 is 37.8 Å². The molecule has 0 spiro atoms. The van der Waals surface area contributed by atoms with E-state index in [0.29, 0.717) is 5.56 Å². The monoisotopic (exact) mass is 244 g/mol. The molecule has 1 heterocycles. The molecule has 1 aliphatic heterocycles. The lowest BCUT2D eigenvalue weighted by Crippen LogP contribution is -2.31. The van der Waals surface area contributed by atoms with Gasteiger partial charge in [-0.05, 0) is 11.9 Å². The largest absolute Gasteiger partial charge is 0.390 e. The van der Waals surface area contributed by atoms with Gasteiger partial charge >= 0.3 is 0 Å². The van der Waals surface area contributed by atoms with Crippen LogP contribution >= 0.6 is 0 Å². The number of hydrogen-bond acceptors (Lipinski definition) is 4. The summed E-state index contributed by atoms with van der Waals surface area (Å²) in [7, 11) is 0. The molecule has 1 aromatic rings. The Hall–Kier alpha value is -0.940. The Morgan fingerprint density at radius 1 is 1.53 bits per heavy atom. The first-order chi connectivity index (χ1) is 10.5. The van der Waals surface area contributed by atoms with Crippen molar-refractivity contribution in [3.8, 4) is 0 Å². The zero-order valence-electron chi connectivity index (χ0n) is 15.0. The smallest absolute Gasteiger partial charge is 0.159 e. The molecular weight excluding hydrogens is 220 g/mol. The van der Waals surface area contributed by atoms with Crippen molar-refractivity contribution in [2.24, 2.45) is 5.92 Å². The zero-order valence-corrected chi connectivity index (χ0v) is 9.04. The van der Waals surface area contributed by atoms with Crippen LogP contribution in [0.2, 0.25) is 0 Å². The van der Waals surface area contributed by atoms with Gasteiger partial charge in [-0.3, -0.25) is 0 Å². The predicted molar refractivity (Wildman–Crippen MR) is 62.2 cm³/mol. The summed E-state index contributed by atoms with van der Waals surface area (Å²) in [6.07, 6.45) is -6.92. The third-order valence-electron chi connectivity index (χ3n) is 2.34. The second-order valence-corrected chi connectivity index (χ2v) is 3.62. The molecule has 1 fully saturated rings. The number of rotatable bonds is 5. The number of benzene rings is 1. The molecule has 94 valence electrons. The highest BCUT2D eigenvalue weighted by atomic mass is 16.6. The Kier molecular flexibility index (Phi) is 2.46. The summed E-state index contributed by atoms with van der Waals surface area (Å²) in [5.41, 5.74) is 0.644. The molecule has 1 unspecified atom stereocenters. The third-order valence-corrected chi connectivity index (χ3v) is 2.34. The van der Waals surface area contributed by atoms with Gasteiger partial charge in [-0.25, -0.2) is 0 Å². The minimum absolute atomic E-state index is 0.176.